The minimum Gasteiger partial charge on any atom is -0.387 e. The van der Waals surface area contributed by atoms with E-state index in [4.69, 9.17) is 0 Å². The topological polar surface area (TPSA) is 57.2 Å². The quantitative estimate of drug-likeness (QED) is 0.720. The lowest BCUT2D eigenvalue weighted by molar-refractivity contribution is -0.137. The number of hydrogen-bond acceptors (Lipinski definition) is 5. The Hall–Kier alpha value is -1.15. The van der Waals surface area contributed by atoms with Gasteiger partial charge in [0.15, 0.2) is 0 Å². The Balaban J connectivity index is 2.93. The molecule has 1 unspecified atom stereocenters. The summed E-state index contributed by atoms with van der Waals surface area (Å²) in [6, 6.07) is 1.91. The molecule has 1 aromatic heterocycles. The second-order valence-corrected chi connectivity index (χ2v) is 5.80. The molecule has 8 heteroatoms. The van der Waals surface area contributed by atoms with Crippen molar-refractivity contribution in [1.29, 1.82) is 0 Å². The second kappa shape index (κ2) is 7.22. The molecule has 0 bridgehead atoms. The van der Waals surface area contributed by atoms with Gasteiger partial charge >= 0.3 is 6.18 Å². The van der Waals surface area contributed by atoms with Gasteiger partial charge in [0.05, 0.1) is 11.2 Å². The van der Waals surface area contributed by atoms with Gasteiger partial charge in [0.1, 0.15) is 11.6 Å². The van der Waals surface area contributed by atoms with Crippen LogP contribution in [0.2, 0.25) is 0 Å². The van der Waals surface area contributed by atoms with Gasteiger partial charge in [-0.25, -0.2) is 4.98 Å². The Labute approximate surface area is 126 Å². The van der Waals surface area contributed by atoms with Gasteiger partial charge in [-0.05, 0) is 32.2 Å². The normalized spacial score (nSPS) is 14.6. The van der Waals surface area contributed by atoms with Crippen molar-refractivity contribution in [2.24, 2.45) is 0 Å². The molecular weight excluding hydrogens is 303 g/mol. The minimum atomic E-state index is -4.44. The molecule has 21 heavy (non-hydrogen) atoms. The molecule has 0 fully saturated rings. The van der Waals surface area contributed by atoms with Crippen LogP contribution in [0.1, 0.15) is 19.4 Å². The largest absolute Gasteiger partial charge is 0.416 e. The second-order valence-electron chi connectivity index (χ2n) is 4.94. The molecule has 0 aliphatic heterocycles. The monoisotopic (exact) mass is 323 g/mol. The number of aromatic nitrogens is 1. The standard InChI is InChI=1S/C13H20F3N3OS/c1-4-17-10-5-9(13(14,15)16)6-11(19-10)18-7-12(2,20)8-21-3/h5-6,20H,4,7-8H2,1-3H3,(H2,17,18,19). The Morgan fingerprint density at radius 1 is 1.24 bits per heavy atom. The molecule has 0 aliphatic carbocycles. The zero-order valence-corrected chi connectivity index (χ0v) is 13.0. The van der Waals surface area contributed by atoms with E-state index in [2.05, 4.69) is 15.6 Å². The lowest BCUT2D eigenvalue weighted by Crippen LogP contribution is -2.36. The predicted octanol–water partition coefficient (Wildman–Crippen LogP) is 3.06. The summed E-state index contributed by atoms with van der Waals surface area (Å²) in [4.78, 5) is 4.06. The van der Waals surface area contributed by atoms with Crippen LogP contribution >= 0.6 is 11.8 Å². The summed E-state index contributed by atoms with van der Waals surface area (Å²) in [6.45, 7) is 3.99. The van der Waals surface area contributed by atoms with Crippen molar-refractivity contribution in [3.8, 4) is 0 Å². The SMILES string of the molecule is CCNc1cc(C(F)(F)F)cc(NCC(C)(O)CSC)n1. The molecule has 0 saturated carbocycles. The van der Waals surface area contributed by atoms with Gasteiger partial charge < -0.3 is 15.7 Å². The van der Waals surface area contributed by atoms with Crippen molar-refractivity contribution in [3.05, 3.63) is 17.7 Å². The van der Waals surface area contributed by atoms with Crippen molar-refractivity contribution < 1.29 is 18.3 Å². The van der Waals surface area contributed by atoms with Gasteiger partial charge in [0, 0.05) is 18.8 Å². The van der Waals surface area contributed by atoms with Gasteiger partial charge in [-0.15, -0.1) is 0 Å². The van der Waals surface area contributed by atoms with Crippen molar-refractivity contribution in [1.82, 2.24) is 4.98 Å². The molecule has 1 atom stereocenters. The molecule has 1 heterocycles. The molecular formula is C13H20F3N3OS. The highest BCUT2D eigenvalue weighted by molar-refractivity contribution is 7.98. The van der Waals surface area contributed by atoms with Gasteiger partial charge in [0.25, 0.3) is 0 Å². The number of nitrogens with one attached hydrogen (secondary N) is 2. The fourth-order valence-corrected chi connectivity index (χ4v) is 2.42. The molecule has 1 aromatic rings. The fourth-order valence-electron chi connectivity index (χ4n) is 1.70. The maximum atomic E-state index is 12.8. The van der Waals surface area contributed by atoms with E-state index in [-0.39, 0.29) is 18.2 Å². The first-order chi connectivity index (χ1) is 9.68. The van der Waals surface area contributed by atoms with Crippen LogP contribution < -0.4 is 10.6 Å². The molecule has 4 nitrogen and oxygen atoms in total. The number of aliphatic hydroxyl groups is 1. The number of pyridine rings is 1. The Morgan fingerprint density at radius 3 is 2.29 bits per heavy atom. The maximum absolute atomic E-state index is 12.8. The van der Waals surface area contributed by atoms with Crippen molar-refractivity contribution in [2.75, 3.05) is 35.7 Å². The summed E-state index contributed by atoms with van der Waals surface area (Å²) in [7, 11) is 0. The number of thioether (sulfide) groups is 1. The summed E-state index contributed by atoms with van der Waals surface area (Å²) < 4.78 is 38.5. The Kier molecular flexibility index (Phi) is 6.15. The average molecular weight is 323 g/mol. The number of anilines is 2. The third kappa shape index (κ3) is 6.01. The van der Waals surface area contributed by atoms with Gasteiger partial charge in [-0.2, -0.15) is 24.9 Å². The van der Waals surface area contributed by atoms with E-state index in [1.54, 1.807) is 13.8 Å². The summed E-state index contributed by atoms with van der Waals surface area (Å²) in [6.07, 6.45) is -2.59. The van der Waals surface area contributed by atoms with Crippen LogP contribution in [0.5, 0.6) is 0 Å². The molecule has 0 radical (unpaired) electrons. The minimum absolute atomic E-state index is 0.0853. The third-order valence-corrected chi connectivity index (χ3v) is 3.53. The van der Waals surface area contributed by atoms with Gasteiger partial charge in [-0.1, -0.05) is 0 Å². The van der Waals surface area contributed by atoms with Crippen molar-refractivity contribution in [3.63, 3.8) is 0 Å². The summed E-state index contributed by atoms with van der Waals surface area (Å²) in [5.41, 5.74) is -1.80. The number of halogens is 3. The number of alkyl halides is 3. The van der Waals surface area contributed by atoms with E-state index < -0.39 is 17.3 Å². The summed E-state index contributed by atoms with van der Waals surface area (Å²) in [5.74, 6) is 0.709. The van der Waals surface area contributed by atoms with E-state index in [1.165, 1.54) is 11.8 Å². The van der Waals surface area contributed by atoms with Crippen LogP contribution in [0, 0.1) is 0 Å². The molecule has 0 saturated heterocycles. The number of hydrogen-bond donors (Lipinski definition) is 3. The van der Waals surface area contributed by atoms with Gasteiger partial charge in [-0.3, -0.25) is 0 Å². The van der Waals surface area contributed by atoms with Gasteiger partial charge in [0.2, 0.25) is 0 Å². The first-order valence-corrected chi connectivity index (χ1v) is 7.85. The Bertz CT molecular complexity index is 466. The highest BCUT2D eigenvalue weighted by Gasteiger charge is 2.32. The maximum Gasteiger partial charge on any atom is 0.416 e. The van der Waals surface area contributed by atoms with Crippen LogP contribution in [-0.2, 0) is 6.18 Å². The van der Waals surface area contributed by atoms with Crippen LogP contribution in [-0.4, -0.2) is 40.8 Å². The third-order valence-electron chi connectivity index (χ3n) is 2.62. The zero-order chi connectivity index (χ0) is 16.1. The van der Waals surface area contributed by atoms with Crippen molar-refractivity contribution >= 4 is 23.4 Å². The molecule has 1 rings (SSSR count). The first-order valence-electron chi connectivity index (χ1n) is 6.46. The molecule has 0 aromatic carbocycles. The molecule has 120 valence electrons. The van der Waals surface area contributed by atoms with Crippen LogP contribution in [0.3, 0.4) is 0 Å². The highest BCUT2D eigenvalue weighted by Crippen LogP contribution is 2.32. The molecule has 0 spiro atoms. The zero-order valence-electron chi connectivity index (χ0n) is 12.2. The van der Waals surface area contributed by atoms with Crippen LogP contribution in [0.25, 0.3) is 0 Å². The summed E-state index contributed by atoms with van der Waals surface area (Å²) in [5, 5.41) is 15.6. The van der Waals surface area contributed by atoms with E-state index in [9.17, 15) is 18.3 Å². The van der Waals surface area contributed by atoms with E-state index in [0.29, 0.717) is 12.3 Å². The van der Waals surface area contributed by atoms with Crippen molar-refractivity contribution in [2.45, 2.75) is 25.6 Å². The molecule has 0 aliphatic rings. The number of rotatable bonds is 7. The van der Waals surface area contributed by atoms with E-state index in [0.717, 1.165) is 12.1 Å². The number of nitrogens with zero attached hydrogens (tertiary/aromatic N) is 1. The lowest BCUT2D eigenvalue weighted by atomic mass is 10.1. The smallest absolute Gasteiger partial charge is 0.387 e. The lowest BCUT2D eigenvalue weighted by Gasteiger charge is -2.23. The molecule has 0 amide bonds. The molecule has 3 N–H and O–H groups in total. The first kappa shape index (κ1) is 17.9. The fraction of sp³-hybridized carbons (Fsp3) is 0.615. The summed E-state index contributed by atoms with van der Waals surface area (Å²) >= 11 is 1.46. The average Bonchev–Trinajstić information content (AvgIpc) is 2.36. The predicted molar refractivity (Wildman–Crippen MR) is 80.9 cm³/mol. The highest BCUT2D eigenvalue weighted by atomic mass is 32.2. The van der Waals surface area contributed by atoms with Crippen LogP contribution in [0.15, 0.2) is 12.1 Å². The van der Waals surface area contributed by atoms with E-state index >= 15 is 0 Å². The van der Waals surface area contributed by atoms with Crippen LogP contribution in [0.4, 0.5) is 24.8 Å². The van der Waals surface area contributed by atoms with E-state index in [1.807, 2.05) is 6.26 Å². The Morgan fingerprint density at radius 2 is 1.81 bits per heavy atom.